The molecule has 21 heavy (non-hydrogen) atoms. The fraction of sp³-hybridized carbons (Fsp3) is 0.231. The maximum Gasteiger partial charge on any atom is 0.358 e. The third kappa shape index (κ3) is 2.31. The van der Waals surface area contributed by atoms with Crippen molar-refractivity contribution in [1.82, 2.24) is 24.4 Å². The zero-order valence-corrected chi connectivity index (χ0v) is 11.5. The fourth-order valence-electron chi connectivity index (χ4n) is 2.07. The highest BCUT2D eigenvalue weighted by Gasteiger charge is 2.15. The summed E-state index contributed by atoms with van der Waals surface area (Å²) in [6, 6.07) is 2.89. The largest absolute Gasteiger partial charge is 0.461 e. The predicted octanol–water partition coefficient (Wildman–Crippen LogP) is 0.600. The lowest BCUT2D eigenvalue weighted by atomic mass is 10.2. The number of nitrogens with one attached hydrogen (secondary N) is 1. The van der Waals surface area contributed by atoms with Gasteiger partial charge in [-0.15, -0.1) is 0 Å². The van der Waals surface area contributed by atoms with E-state index in [1.54, 1.807) is 31.0 Å². The summed E-state index contributed by atoms with van der Waals surface area (Å²) in [6.45, 7) is 1.98. The summed E-state index contributed by atoms with van der Waals surface area (Å²) in [7, 11) is 1.78. The highest BCUT2D eigenvalue weighted by atomic mass is 16.5. The van der Waals surface area contributed by atoms with Gasteiger partial charge in [0.1, 0.15) is 5.65 Å². The van der Waals surface area contributed by atoms with Crippen LogP contribution in [0.5, 0.6) is 0 Å². The molecule has 3 aromatic heterocycles. The molecule has 108 valence electrons. The molecule has 3 rings (SSSR count). The zero-order chi connectivity index (χ0) is 15.0. The number of hydrogen-bond donors (Lipinski definition) is 1. The van der Waals surface area contributed by atoms with Gasteiger partial charge in [-0.3, -0.25) is 9.48 Å². The normalized spacial score (nSPS) is 11.0. The van der Waals surface area contributed by atoms with Crippen molar-refractivity contribution in [3.8, 4) is 11.3 Å². The van der Waals surface area contributed by atoms with Crippen LogP contribution in [0, 0.1) is 0 Å². The van der Waals surface area contributed by atoms with Crippen molar-refractivity contribution >= 4 is 11.6 Å². The number of fused-ring (bicyclic) bond motifs is 1. The molecule has 0 saturated heterocycles. The van der Waals surface area contributed by atoms with Crippen LogP contribution in [0.15, 0.2) is 29.3 Å². The van der Waals surface area contributed by atoms with Crippen molar-refractivity contribution in [2.24, 2.45) is 7.05 Å². The highest BCUT2D eigenvalue weighted by molar-refractivity contribution is 5.88. The van der Waals surface area contributed by atoms with Crippen molar-refractivity contribution in [1.29, 1.82) is 0 Å². The number of aryl methyl sites for hydroxylation is 1. The number of ether oxygens (including phenoxy) is 1. The molecule has 3 aromatic rings. The van der Waals surface area contributed by atoms with Gasteiger partial charge in [-0.25, -0.2) is 9.31 Å². The van der Waals surface area contributed by atoms with Crippen LogP contribution in [0.3, 0.4) is 0 Å². The zero-order valence-electron chi connectivity index (χ0n) is 11.5. The number of rotatable bonds is 3. The van der Waals surface area contributed by atoms with Crippen molar-refractivity contribution in [2.75, 3.05) is 6.61 Å². The second kappa shape index (κ2) is 4.89. The molecule has 8 heteroatoms. The van der Waals surface area contributed by atoms with E-state index in [0.717, 1.165) is 5.56 Å². The quantitative estimate of drug-likeness (QED) is 0.712. The highest BCUT2D eigenvalue weighted by Crippen LogP contribution is 2.18. The minimum atomic E-state index is -0.529. The smallest absolute Gasteiger partial charge is 0.358 e. The van der Waals surface area contributed by atoms with Gasteiger partial charge in [-0.05, 0) is 6.92 Å². The number of aromatic amines is 1. The van der Waals surface area contributed by atoms with Crippen molar-refractivity contribution in [3.05, 3.63) is 40.6 Å². The summed E-state index contributed by atoms with van der Waals surface area (Å²) in [5.74, 6) is -0.529. The average Bonchev–Trinajstić information content (AvgIpc) is 3.04. The van der Waals surface area contributed by atoms with E-state index in [0.29, 0.717) is 11.3 Å². The van der Waals surface area contributed by atoms with Crippen LogP contribution in [0.1, 0.15) is 17.4 Å². The summed E-state index contributed by atoms with van der Waals surface area (Å²) < 4.78 is 8.03. The summed E-state index contributed by atoms with van der Waals surface area (Å²) in [5, 5.41) is 8.27. The number of esters is 1. The molecule has 0 unspecified atom stereocenters. The molecule has 0 aromatic carbocycles. The van der Waals surface area contributed by atoms with Gasteiger partial charge in [0.15, 0.2) is 5.69 Å². The van der Waals surface area contributed by atoms with Crippen molar-refractivity contribution in [3.63, 3.8) is 0 Å². The molecule has 0 bridgehead atoms. The van der Waals surface area contributed by atoms with E-state index >= 15 is 0 Å². The average molecular weight is 287 g/mol. The van der Waals surface area contributed by atoms with Gasteiger partial charge >= 0.3 is 5.97 Å². The summed E-state index contributed by atoms with van der Waals surface area (Å²) in [4.78, 5) is 26.1. The molecular formula is C13H13N5O3. The summed E-state index contributed by atoms with van der Waals surface area (Å²) in [5.41, 5.74) is 1.56. The van der Waals surface area contributed by atoms with E-state index in [1.165, 1.54) is 16.6 Å². The Labute approximate surface area is 119 Å². The lowest BCUT2D eigenvalue weighted by molar-refractivity contribution is 0.0519. The van der Waals surface area contributed by atoms with Crippen molar-refractivity contribution < 1.29 is 9.53 Å². The van der Waals surface area contributed by atoms with E-state index in [-0.39, 0.29) is 17.9 Å². The molecular weight excluding hydrogens is 274 g/mol. The Balaban J connectivity index is 2.20. The predicted molar refractivity (Wildman–Crippen MR) is 74.0 cm³/mol. The molecule has 0 atom stereocenters. The Hall–Kier alpha value is -2.90. The Morgan fingerprint density at radius 1 is 1.43 bits per heavy atom. The number of carbonyl (C=O) groups excluding carboxylic acids is 1. The molecule has 0 aliphatic rings. The Bertz CT molecular complexity index is 873. The molecule has 0 saturated carbocycles. The first-order chi connectivity index (χ1) is 10.1. The minimum Gasteiger partial charge on any atom is -0.461 e. The van der Waals surface area contributed by atoms with E-state index in [9.17, 15) is 9.59 Å². The Kier molecular flexibility index (Phi) is 3.05. The van der Waals surface area contributed by atoms with Crippen molar-refractivity contribution in [2.45, 2.75) is 6.92 Å². The molecule has 8 nitrogen and oxygen atoms in total. The molecule has 0 radical (unpaired) electrons. The summed E-state index contributed by atoms with van der Waals surface area (Å²) >= 11 is 0. The lowest BCUT2D eigenvalue weighted by Gasteiger charge is -2.01. The van der Waals surface area contributed by atoms with Gasteiger partial charge in [0.25, 0.3) is 5.56 Å². The van der Waals surface area contributed by atoms with Crippen LogP contribution in [0.25, 0.3) is 16.9 Å². The van der Waals surface area contributed by atoms with Crippen LogP contribution in [-0.2, 0) is 11.8 Å². The van der Waals surface area contributed by atoms with Crippen LogP contribution in [0.4, 0.5) is 0 Å². The topological polar surface area (TPSA) is 94.3 Å². The third-order valence-corrected chi connectivity index (χ3v) is 2.94. The molecule has 0 amide bonds. The van der Waals surface area contributed by atoms with Gasteiger partial charge in [0, 0.05) is 30.9 Å². The van der Waals surface area contributed by atoms with Gasteiger partial charge < -0.3 is 9.72 Å². The maximum absolute atomic E-state index is 11.7. The number of H-pyrrole nitrogens is 1. The van der Waals surface area contributed by atoms with Gasteiger partial charge in [-0.1, -0.05) is 0 Å². The molecule has 0 aliphatic carbocycles. The first kappa shape index (κ1) is 13.1. The molecule has 1 N–H and O–H groups in total. The summed E-state index contributed by atoms with van der Waals surface area (Å²) in [6.07, 6.45) is 3.39. The number of hydrogen-bond acceptors (Lipinski definition) is 5. The molecule has 0 aliphatic heterocycles. The monoisotopic (exact) mass is 287 g/mol. The van der Waals surface area contributed by atoms with Gasteiger partial charge in [0.05, 0.1) is 18.5 Å². The number of carbonyl (C=O) groups is 1. The van der Waals surface area contributed by atoms with E-state index in [2.05, 4.69) is 15.2 Å². The SMILES string of the molecule is CCOC(=O)c1cc2[nH]c(=O)cc(-c3cnn(C)c3)n2n1. The van der Waals surface area contributed by atoms with Crippen LogP contribution in [-0.4, -0.2) is 37.0 Å². The van der Waals surface area contributed by atoms with Crippen LogP contribution in [0.2, 0.25) is 0 Å². The van der Waals surface area contributed by atoms with Gasteiger partial charge in [0.2, 0.25) is 0 Å². The number of aromatic nitrogens is 5. The molecule has 3 heterocycles. The number of nitrogens with zero attached hydrogens (tertiary/aromatic N) is 4. The second-order valence-electron chi connectivity index (χ2n) is 4.47. The van der Waals surface area contributed by atoms with Crippen LogP contribution >= 0.6 is 0 Å². The molecule has 0 spiro atoms. The lowest BCUT2D eigenvalue weighted by Crippen LogP contribution is -2.09. The fourth-order valence-corrected chi connectivity index (χ4v) is 2.07. The van der Waals surface area contributed by atoms with E-state index in [4.69, 9.17) is 4.74 Å². The van der Waals surface area contributed by atoms with Gasteiger partial charge in [-0.2, -0.15) is 10.2 Å². The second-order valence-corrected chi connectivity index (χ2v) is 4.47. The van der Waals surface area contributed by atoms with E-state index < -0.39 is 5.97 Å². The first-order valence-corrected chi connectivity index (χ1v) is 6.37. The van der Waals surface area contributed by atoms with Crippen LogP contribution < -0.4 is 5.56 Å². The maximum atomic E-state index is 11.7. The third-order valence-electron chi connectivity index (χ3n) is 2.94. The standard InChI is InChI=1S/C13H13N5O3/c1-3-21-13(20)9-4-11-15-12(19)5-10(18(11)16-9)8-6-14-17(2)7-8/h4-7H,3H2,1-2H3,(H,15,19). The molecule has 0 fully saturated rings. The Morgan fingerprint density at radius 3 is 2.90 bits per heavy atom. The first-order valence-electron chi connectivity index (χ1n) is 6.37. The Morgan fingerprint density at radius 2 is 2.24 bits per heavy atom. The minimum absolute atomic E-state index is 0.142. The van der Waals surface area contributed by atoms with E-state index in [1.807, 2.05) is 0 Å².